The predicted molar refractivity (Wildman–Crippen MR) is 131 cm³/mol. The lowest BCUT2D eigenvalue weighted by Gasteiger charge is -2.13. The largest absolute Gasteiger partial charge is 0.457 e. The number of aryl methyl sites for hydroxylation is 1. The van der Waals surface area contributed by atoms with Gasteiger partial charge in [0.15, 0.2) is 0 Å². The Kier molecular flexibility index (Phi) is 5.51. The van der Waals surface area contributed by atoms with Crippen molar-refractivity contribution in [3.63, 3.8) is 0 Å². The third-order valence-corrected chi connectivity index (χ3v) is 6.53. The van der Waals surface area contributed by atoms with Crippen LogP contribution in [0, 0.1) is 17.0 Å². The first-order chi connectivity index (χ1) is 16.4. The van der Waals surface area contributed by atoms with Gasteiger partial charge in [0.1, 0.15) is 11.5 Å². The normalized spacial score (nSPS) is 15.0. The Bertz CT molecular complexity index is 1500. The van der Waals surface area contributed by atoms with Crippen molar-refractivity contribution >= 4 is 45.4 Å². The molecule has 1 aromatic heterocycles. The summed E-state index contributed by atoms with van der Waals surface area (Å²) in [7, 11) is 0. The van der Waals surface area contributed by atoms with Gasteiger partial charge in [0.2, 0.25) is 0 Å². The number of hydrogen-bond acceptors (Lipinski definition) is 6. The number of carbonyl (C=O) groups excluding carboxylic acids is 2. The highest BCUT2D eigenvalue weighted by atomic mass is 32.2. The first-order valence-corrected chi connectivity index (χ1v) is 11.3. The van der Waals surface area contributed by atoms with Crippen LogP contribution in [-0.4, -0.2) is 21.0 Å². The average Bonchev–Trinajstić information content (AvgIpc) is 3.39. The van der Waals surface area contributed by atoms with E-state index in [1.165, 1.54) is 23.1 Å². The van der Waals surface area contributed by atoms with Crippen LogP contribution in [0.1, 0.15) is 16.9 Å². The number of carbonyl (C=O) groups is 2. The molecule has 5 rings (SSSR count). The van der Waals surface area contributed by atoms with Crippen LogP contribution in [0.5, 0.6) is 0 Å². The molecule has 1 fully saturated rings. The van der Waals surface area contributed by atoms with Crippen LogP contribution < -0.4 is 0 Å². The Labute approximate surface area is 198 Å². The molecule has 0 spiro atoms. The lowest BCUT2D eigenvalue weighted by Crippen LogP contribution is -2.27. The van der Waals surface area contributed by atoms with Crippen molar-refractivity contribution < 1.29 is 18.9 Å². The second kappa shape index (κ2) is 8.64. The maximum absolute atomic E-state index is 12.9. The van der Waals surface area contributed by atoms with Crippen molar-refractivity contribution in [2.75, 3.05) is 0 Å². The van der Waals surface area contributed by atoms with Crippen LogP contribution in [0.4, 0.5) is 10.5 Å². The molecule has 0 radical (unpaired) electrons. The summed E-state index contributed by atoms with van der Waals surface area (Å²) in [4.78, 5) is 37.6. The van der Waals surface area contributed by atoms with Crippen LogP contribution in [0.3, 0.4) is 0 Å². The molecule has 0 N–H and O–H groups in total. The van der Waals surface area contributed by atoms with E-state index in [9.17, 15) is 19.7 Å². The van der Waals surface area contributed by atoms with E-state index < -0.39 is 4.92 Å². The van der Waals surface area contributed by atoms with Crippen molar-refractivity contribution in [3.8, 4) is 11.3 Å². The van der Waals surface area contributed by atoms with Gasteiger partial charge < -0.3 is 4.42 Å². The smallest absolute Gasteiger partial charge is 0.293 e. The van der Waals surface area contributed by atoms with Crippen LogP contribution in [0.2, 0.25) is 0 Å². The van der Waals surface area contributed by atoms with Crippen LogP contribution in [-0.2, 0) is 11.3 Å². The Morgan fingerprint density at radius 2 is 1.79 bits per heavy atom. The Morgan fingerprint density at radius 1 is 1.00 bits per heavy atom. The molecule has 8 heteroatoms. The number of nitro benzene ring substituents is 1. The minimum atomic E-state index is -0.460. The highest BCUT2D eigenvalue weighted by Crippen LogP contribution is 2.35. The molecule has 7 nitrogen and oxygen atoms in total. The van der Waals surface area contributed by atoms with Gasteiger partial charge in [-0.2, -0.15) is 0 Å². The molecule has 0 bridgehead atoms. The Hall–Kier alpha value is -4.17. The molecule has 4 aromatic rings. The lowest BCUT2D eigenvalue weighted by molar-refractivity contribution is -0.384. The van der Waals surface area contributed by atoms with Gasteiger partial charge in [-0.1, -0.05) is 42.5 Å². The van der Waals surface area contributed by atoms with Crippen LogP contribution >= 0.6 is 11.8 Å². The highest BCUT2D eigenvalue weighted by molar-refractivity contribution is 8.18. The number of non-ortho nitro benzene ring substituents is 1. The van der Waals surface area contributed by atoms with Gasteiger partial charge in [0, 0.05) is 23.8 Å². The van der Waals surface area contributed by atoms with Gasteiger partial charge in [0.25, 0.3) is 16.8 Å². The maximum atomic E-state index is 12.9. The van der Waals surface area contributed by atoms with Crippen molar-refractivity contribution in [2.45, 2.75) is 13.5 Å². The van der Waals surface area contributed by atoms with E-state index in [2.05, 4.69) is 0 Å². The number of rotatable bonds is 5. The average molecular weight is 471 g/mol. The van der Waals surface area contributed by atoms with E-state index in [1.54, 1.807) is 18.2 Å². The number of fused-ring (bicyclic) bond motifs is 1. The van der Waals surface area contributed by atoms with E-state index in [-0.39, 0.29) is 28.3 Å². The van der Waals surface area contributed by atoms with Crippen molar-refractivity contribution in [2.24, 2.45) is 0 Å². The predicted octanol–water partition coefficient (Wildman–Crippen LogP) is 6.55. The summed E-state index contributed by atoms with van der Waals surface area (Å²) >= 11 is 0.863. The minimum Gasteiger partial charge on any atom is -0.457 e. The fraction of sp³-hybridized carbons (Fsp3) is 0.0769. The lowest BCUT2D eigenvalue weighted by atomic mass is 10.1. The van der Waals surface area contributed by atoms with Gasteiger partial charge in [-0.05, 0) is 58.8 Å². The van der Waals surface area contributed by atoms with Gasteiger partial charge in [0.05, 0.1) is 16.4 Å². The summed E-state index contributed by atoms with van der Waals surface area (Å²) in [5, 5.41) is 12.9. The third-order valence-electron chi connectivity index (χ3n) is 5.63. The van der Waals surface area contributed by atoms with Crippen molar-refractivity contribution in [1.82, 2.24) is 4.90 Å². The molecular formula is C26H18N2O5S. The van der Waals surface area contributed by atoms with E-state index in [4.69, 9.17) is 4.42 Å². The van der Waals surface area contributed by atoms with Crippen LogP contribution in [0.25, 0.3) is 28.2 Å². The van der Waals surface area contributed by atoms with Gasteiger partial charge in [-0.25, -0.2) is 0 Å². The topological polar surface area (TPSA) is 93.7 Å². The van der Waals surface area contributed by atoms with Gasteiger partial charge in [-0.15, -0.1) is 0 Å². The second-order valence-corrected chi connectivity index (χ2v) is 8.90. The standard InChI is InChI=1S/C26H18N2O5S/c1-16-6-9-20(28(31)32)13-22(16)23-11-10-21(33-23)14-24-25(29)27(26(30)34-24)15-17-7-8-18-4-2-3-5-19(18)12-17/h2-14H,15H2,1H3/b24-14-. The molecule has 0 saturated carbocycles. The second-order valence-electron chi connectivity index (χ2n) is 7.91. The third kappa shape index (κ3) is 4.11. The number of benzene rings is 3. The van der Waals surface area contributed by atoms with Crippen molar-refractivity contribution in [3.05, 3.63) is 105 Å². The van der Waals surface area contributed by atoms with Crippen LogP contribution in [0.15, 0.2) is 82.1 Å². The quantitative estimate of drug-likeness (QED) is 0.186. The Morgan fingerprint density at radius 3 is 2.59 bits per heavy atom. The first kappa shape index (κ1) is 21.7. The first-order valence-electron chi connectivity index (χ1n) is 10.5. The number of imide groups is 1. The molecule has 0 unspecified atom stereocenters. The fourth-order valence-corrected chi connectivity index (χ4v) is 4.67. The fourth-order valence-electron chi connectivity index (χ4n) is 3.85. The molecule has 1 aliphatic heterocycles. The SMILES string of the molecule is Cc1ccc([N+](=O)[O-])cc1-c1ccc(/C=C2\SC(=O)N(Cc3ccc4ccccc4c3)C2=O)o1. The van der Waals surface area contributed by atoms with E-state index in [0.29, 0.717) is 17.1 Å². The molecule has 1 saturated heterocycles. The summed E-state index contributed by atoms with van der Waals surface area (Å²) in [6, 6.07) is 21.7. The number of thioether (sulfide) groups is 1. The highest BCUT2D eigenvalue weighted by Gasteiger charge is 2.35. The molecule has 0 aliphatic carbocycles. The number of nitrogens with zero attached hydrogens (tertiary/aromatic N) is 2. The van der Waals surface area contributed by atoms with Crippen molar-refractivity contribution in [1.29, 1.82) is 0 Å². The van der Waals surface area contributed by atoms with E-state index >= 15 is 0 Å². The van der Waals surface area contributed by atoms with Gasteiger partial charge in [-0.3, -0.25) is 24.6 Å². The summed E-state index contributed by atoms with van der Waals surface area (Å²) in [6.45, 7) is 2.02. The molecule has 3 aromatic carbocycles. The zero-order chi connectivity index (χ0) is 23.8. The summed E-state index contributed by atoms with van der Waals surface area (Å²) in [5.74, 6) is 0.451. The van der Waals surface area contributed by atoms with E-state index in [0.717, 1.165) is 33.7 Å². The number of nitro groups is 1. The summed E-state index contributed by atoms with van der Waals surface area (Å²) < 4.78 is 5.84. The minimum absolute atomic E-state index is 0.0339. The summed E-state index contributed by atoms with van der Waals surface area (Å²) in [6.07, 6.45) is 1.53. The maximum Gasteiger partial charge on any atom is 0.293 e. The monoisotopic (exact) mass is 470 g/mol. The van der Waals surface area contributed by atoms with Gasteiger partial charge >= 0.3 is 0 Å². The Balaban J connectivity index is 1.37. The molecule has 34 heavy (non-hydrogen) atoms. The molecule has 168 valence electrons. The number of furan rings is 1. The zero-order valence-electron chi connectivity index (χ0n) is 18.1. The zero-order valence-corrected chi connectivity index (χ0v) is 18.9. The van der Waals surface area contributed by atoms with E-state index in [1.807, 2.05) is 49.4 Å². The molecular weight excluding hydrogens is 452 g/mol. The molecule has 2 heterocycles. The number of hydrogen-bond donors (Lipinski definition) is 0. The summed E-state index contributed by atoms with van der Waals surface area (Å²) in [5.41, 5.74) is 2.25. The molecule has 0 atom stereocenters. The molecule has 1 aliphatic rings. The number of amides is 2. The molecule has 2 amide bonds.